The normalized spacial score (nSPS) is 11.9. The lowest BCUT2D eigenvalue weighted by Crippen LogP contribution is -2.12. The zero-order chi connectivity index (χ0) is 15.2. The predicted molar refractivity (Wildman–Crippen MR) is 86.3 cm³/mol. The molecule has 0 aliphatic rings. The van der Waals surface area contributed by atoms with Crippen molar-refractivity contribution in [3.05, 3.63) is 69.8 Å². The summed E-state index contributed by atoms with van der Waals surface area (Å²) < 4.78 is 5.83. The summed E-state index contributed by atoms with van der Waals surface area (Å²) in [6.45, 7) is 2.34. The minimum absolute atomic E-state index is 0.0833. The number of ether oxygens (including phenoxy) is 1. The van der Waals surface area contributed by atoms with Crippen LogP contribution in [0.15, 0.2) is 48.5 Å². The van der Waals surface area contributed by atoms with Crippen LogP contribution in [0.2, 0.25) is 0 Å². The fourth-order valence-corrected chi connectivity index (χ4v) is 2.62. The van der Waals surface area contributed by atoms with E-state index in [4.69, 9.17) is 4.74 Å². The minimum atomic E-state index is -0.401. The molecule has 0 radical (unpaired) electrons. The molecule has 110 valence electrons. The van der Waals surface area contributed by atoms with Crippen molar-refractivity contribution in [2.24, 2.45) is 0 Å². The van der Waals surface area contributed by atoms with Gasteiger partial charge in [-0.25, -0.2) is 0 Å². The Morgan fingerprint density at radius 3 is 2.52 bits per heavy atom. The van der Waals surface area contributed by atoms with Gasteiger partial charge >= 0.3 is 0 Å². The number of nitro benzene ring substituents is 1. The highest BCUT2D eigenvalue weighted by Gasteiger charge is 2.13. The van der Waals surface area contributed by atoms with Crippen LogP contribution in [0, 0.1) is 17.0 Å². The molecule has 0 aromatic heterocycles. The van der Waals surface area contributed by atoms with Crippen molar-refractivity contribution in [3.63, 3.8) is 0 Å². The maximum atomic E-state index is 10.7. The van der Waals surface area contributed by atoms with Gasteiger partial charge in [0, 0.05) is 23.4 Å². The number of non-ortho nitro benzene ring substituents is 1. The average Bonchev–Trinajstić information content (AvgIpc) is 2.50. The number of nitro groups is 1. The quantitative estimate of drug-likeness (QED) is 0.439. The summed E-state index contributed by atoms with van der Waals surface area (Å²) in [5.74, 6) is 0.920. The summed E-state index contributed by atoms with van der Waals surface area (Å²) in [5, 5.41) is 11.5. The van der Waals surface area contributed by atoms with Gasteiger partial charge in [0.15, 0.2) is 0 Å². The molecule has 1 atom stereocenters. The largest absolute Gasteiger partial charge is 0.493 e. The number of nitrogens with zero attached hydrogens (tertiary/aromatic N) is 1. The third-order valence-electron chi connectivity index (χ3n) is 3.27. The van der Waals surface area contributed by atoms with Gasteiger partial charge in [0.25, 0.3) is 5.69 Å². The van der Waals surface area contributed by atoms with E-state index in [9.17, 15) is 10.1 Å². The van der Waals surface area contributed by atoms with Gasteiger partial charge in [0.2, 0.25) is 0 Å². The molecular weight excluding hydrogens is 334 g/mol. The molecule has 21 heavy (non-hydrogen) atoms. The van der Waals surface area contributed by atoms with Crippen molar-refractivity contribution < 1.29 is 9.66 Å². The van der Waals surface area contributed by atoms with Gasteiger partial charge in [-0.1, -0.05) is 46.3 Å². The summed E-state index contributed by atoms with van der Waals surface area (Å²) in [6, 6.07) is 14.8. The van der Waals surface area contributed by atoms with E-state index in [-0.39, 0.29) is 11.6 Å². The van der Waals surface area contributed by atoms with Gasteiger partial charge < -0.3 is 4.74 Å². The van der Waals surface area contributed by atoms with Crippen LogP contribution >= 0.6 is 15.9 Å². The molecule has 0 saturated heterocycles. The number of halogens is 1. The Balaban J connectivity index is 2.07. The Bertz CT molecular complexity index is 616. The van der Waals surface area contributed by atoms with Crippen molar-refractivity contribution in [1.82, 2.24) is 0 Å². The van der Waals surface area contributed by atoms with Crippen molar-refractivity contribution in [2.75, 3.05) is 11.9 Å². The third kappa shape index (κ3) is 4.04. The SMILES string of the molecule is Cc1cc([N+](=O)[O-])ccc1OCC(CBr)c1ccccc1. The Morgan fingerprint density at radius 1 is 1.24 bits per heavy atom. The van der Waals surface area contributed by atoms with E-state index in [0.717, 1.165) is 10.9 Å². The molecule has 2 rings (SSSR count). The van der Waals surface area contributed by atoms with Crippen molar-refractivity contribution >= 4 is 21.6 Å². The van der Waals surface area contributed by atoms with Gasteiger partial charge in [-0.15, -0.1) is 0 Å². The van der Waals surface area contributed by atoms with Crippen LogP contribution in [-0.4, -0.2) is 16.9 Å². The Morgan fingerprint density at radius 2 is 1.95 bits per heavy atom. The average molecular weight is 350 g/mol. The lowest BCUT2D eigenvalue weighted by Gasteiger charge is -2.16. The number of hydrogen-bond donors (Lipinski definition) is 0. The standard InChI is InChI=1S/C16H16BrNO3/c1-12-9-15(18(19)20)7-8-16(12)21-11-14(10-17)13-5-3-2-4-6-13/h2-9,14H,10-11H2,1H3. The first-order valence-corrected chi connectivity index (χ1v) is 7.72. The van der Waals surface area contributed by atoms with Gasteiger partial charge in [-0.3, -0.25) is 10.1 Å². The molecule has 2 aromatic carbocycles. The molecule has 1 unspecified atom stereocenters. The van der Waals surface area contributed by atoms with Crippen LogP contribution in [0.5, 0.6) is 5.75 Å². The second-order valence-electron chi connectivity index (χ2n) is 4.78. The molecule has 0 aliphatic carbocycles. The van der Waals surface area contributed by atoms with Crippen LogP contribution in [0.1, 0.15) is 17.0 Å². The summed E-state index contributed by atoms with van der Waals surface area (Å²) in [6.07, 6.45) is 0. The molecule has 0 fully saturated rings. The summed E-state index contributed by atoms with van der Waals surface area (Å²) in [7, 11) is 0. The first-order chi connectivity index (χ1) is 10.1. The van der Waals surface area contributed by atoms with E-state index in [1.807, 2.05) is 25.1 Å². The van der Waals surface area contributed by atoms with Crippen molar-refractivity contribution in [3.8, 4) is 5.75 Å². The molecule has 0 aliphatic heterocycles. The number of rotatable bonds is 6. The van der Waals surface area contributed by atoms with Crippen molar-refractivity contribution in [1.29, 1.82) is 0 Å². The van der Waals surface area contributed by atoms with Crippen molar-refractivity contribution in [2.45, 2.75) is 12.8 Å². The van der Waals surface area contributed by atoms with E-state index in [2.05, 4.69) is 28.1 Å². The molecule has 0 spiro atoms. The van der Waals surface area contributed by atoms with Gasteiger partial charge in [-0.05, 0) is 24.1 Å². The van der Waals surface area contributed by atoms with Crippen LogP contribution in [0.3, 0.4) is 0 Å². The number of alkyl halides is 1. The summed E-state index contributed by atoms with van der Waals surface area (Å²) >= 11 is 3.51. The van der Waals surface area contributed by atoms with Gasteiger partial charge in [0.1, 0.15) is 5.75 Å². The fourth-order valence-electron chi connectivity index (χ4n) is 2.05. The number of aryl methyl sites for hydroxylation is 1. The van der Waals surface area contributed by atoms with E-state index in [1.165, 1.54) is 17.7 Å². The summed E-state index contributed by atoms with van der Waals surface area (Å²) in [4.78, 5) is 10.3. The van der Waals surface area contributed by atoms with E-state index < -0.39 is 4.92 Å². The predicted octanol–water partition coefficient (Wildman–Crippen LogP) is 4.46. The van der Waals surface area contributed by atoms with E-state index in [0.29, 0.717) is 12.4 Å². The lowest BCUT2D eigenvalue weighted by molar-refractivity contribution is -0.384. The molecule has 0 heterocycles. The zero-order valence-corrected chi connectivity index (χ0v) is 13.2. The Labute approximate surface area is 132 Å². The first-order valence-electron chi connectivity index (χ1n) is 6.60. The molecular formula is C16H16BrNO3. The monoisotopic (exact) mass is 349 g/mol. The molecule has 0 bridgehead atoms. The third-order valence-corrected chi connectivity index (χ3v) is 4.05. The van der Waals surface area contributed by atoms with Crippen LogP contribution in [0.4, 0.5) is 5.69 Å². The molecule has 5 heteroatoms. The maximum absolute atomic E-state index is 10.7. The highest BCUT2D eigenvalue weighted by atomic mass is 79.9. The maximum Gasteiger partial charge on any atom is 0.269 e. The first kappa shape index (κ1) is 15.5. The van der Waals surface area contributed by atoms with Gasteiger partial charge in [-0.2, -0.15) is 0 Å². The smallest absolute Gasteiger partial charge is 0.269 e. The fraction of sp³-hybridized carbons (Fsp3) is 0.250. The number of hydrogen-bond acceptors (Lipinski definition) is 3. The molecule has 4 nitrogen and oxygen atoms in total. The Kier molecular flexibility index (Phi) is 5.33. The second kappa shape index (κ2) is 7.22. The number of benzene rings is 2. The highest BCUT2D eigenvalue weighted by molar-refractivity contribution is 9.09. The molecule has 0 saturated carbocycles. The zero-order valence-electron chi connectivity index (χ0n) is 11.7. The Hall–Kier alpha value is -1.88. The molecule has 2 aromatic rings. The lowest BCUT2D eigenvalue weighted by atomic mass is 10.0. The molecule has 0 N–H and O–H groups in total. The van der Waals surface area contributed by atoms with E-state index >= 15 is 0 Å². The van der Waals surface area contributed by atoms with E-state index in [1.54, 1.807) is 6.07 Å². The molecule has 0 amide bonds. The second-order valence-corrected chi connectivity index (χ2v) is 5.43. The minimum Gasteiger partial charge on any atom is -0.493 e. The summed E-state index contributed by atoms with van der Waals surface area (Å²) in [5.41, 5.74) is 2.06. The van der Waals surface area contributed by atoms with Crippen LogP contribution in [0.25, 0.3) is 0 Å². The topological polar surface area (TPSA) is 52.4 Å². The van der Waals surface area contributed by atoms with Gasteiger partial charge in [0.05, 0.1) is 11.5 Å². The highest BCUT2D eigenvalue weighted by Crippen LogP contribution is 2.25. The van der Waals surface area contributed by atoms with Crippen LogP contribution in [-0.2, 0) is 0 Å². The van der Waals surface area contributed by atoms with Crippen LogP contribution < -0.4 is 4.74 Å².